The van der Waals surface area contributed by atoms with E-state index in [1.54, 1.807) is 19.4 Å². The molecule has 4 aromatic rings. The molecule has 38 heavy (non-hydrogen) atoms. The lowest BCUT2D eigenvalue weighted by molar-refractivity contribution is -0.384. The van der Waals surface area contributed by atoms with Gasteiger partial charge in [0.05, 0.1) is 23.4 Å². The first kappa shape index (κ1) is 25.5. The minimum absolute atomic E-state index is 0.00389. The van der Waals surface area contributed by atoms with E-state index in [1.165, 1.54) is 12.5 Å². The lowest BCUT2D eigenvalue weighted by Gasteiger charge is -2.24. The molecule has 2 aromatic heterocycles. The molecule has 0 aliphatic carbocycles. The minimum atomic E-state index is -0.359. The molecule has 2 aromatic carbocycles. The second kappa shape index (κ2) is 10.7. The third kappa shape index (κ3) is 5.12. The number of hydrogen-bond acceptors (Lipinski definition) is 8. The van der Waals surface area contributed by atoms with Crippen LogP contribution in [0.5, 0.6) is 5.75 Å². The summed E-state index contributed by atoms with van der Waals surface area (Å²) in [6.45, 7) is 5.93. The lowest BCUT2D eigenvalue weighted by atomic mass is 10.1. The number of nitrogens with zero attached hydrogens (tertiary/aromatic N) is 6. The number of nitro benzene ring substituents is 1. The van der Waals surface area contributed by atoms with Gasteiger partial charge in [0.25, 0.3) is 5.69 Å². The Hall–Kier alpha value is -4.18. The van der Waals surface area contributed by atoms with Crippen molar-refractivity contribution in [1.29, 1.82) is 0 Å². The molecule has 1 saturated heterocycles. The summed E-state index contributed by atoms with van der Waals surface area (Å²) in [5.74, 6) is 1.50. The van der Waals surface area contributed by atoms with Gasteiger partial charge in [-0.1, -0.05) is 25.1 Å². The second-order valence-corrected chi connectivity index (χ2v) is 9.98. The van der Waals surface area contributed by atoms with E-state index in [1.807, 2.05) is 43.4 Å². The van der Waals surface area contributed by atoms with Crippen LogP contribution in [0.15, 0.2) is 54.9 Å². The minimum Gasteiger partial charge on any atom is -0.494 e. The SMILES string of the molecule is COc1cc(N(C)CCN2CCC(C)C2)c([N+](=O)[O-])cc1Nc1nccc(-c2cn(C)c3ccccc23)n1. The van der Waals surface area contributed by atoms with Crippen molar-refractivity contribution in [2.75, 3.05) is 50.6 Å². The zero-order valence-corrected chi connectivity index (χ0v) is 22.2. The van der Waals surface area contributed by atoms with Crippen molar-refractivity contribution in [2.24, 2.45) is 13.0 Å². The molecule has 1 aliphatic heterocycles. The van der Waals surface area contributed by atoms with Gasteiger partial charge in [0.15, 0.2) is 0 Å². The maximum Gasteiger partial charge on any atom is 0.294 e. The number of rotatable bonds is 9. The molecule has 1 unspecified atom stereocenters. The van der Waals surface area contributed by atoms with Crippen LogP contribution in [0.2, 0.25) is 0 Å². The highest BCUT2D eigenvalue weighted by atomic mass is 16.6. The van der Waals surface area contributed by atoms with Gasteiger partial charge in [-0.3, -0.25) is 10.1 Å². The normalized spacial score (nSPS) is 15.6. The number of para-hydroxylation sites is 1. The van der Waals surface area contributed by atoms with E-state index in [0.29, 0.717) is 35.5 Å². The standard InChI is InChI=1S/C28H33N7O3/c1-19-10-12-34(17-19)14-13-32(2)25-16-27(38-4)23(15-26(25)35(36)37)31-28-29-11-9-22(30-28)21-18-33(3)24-8-6-5-7-20(21)24/h5-9,11,15-16,18-19H,10,12-14,17H2,1-4H3,(H,29,30,31). The van der Waals surface area contributed by atoms with Crippen molar-refractivity contribution in [2.45, 2.75) is 13.3 Å². The number of fused-ring (bicyclic) bond motifs is 1. The Bertz CT molecular complexity index is 1470. The van der Waals surface area contributed by atoms with Crippen LogP contribution in [0.4, 0.5) is 23.0 Å². The third-order valence-electron chi connectivity index (χ3n) is 7.24. The van der Waals surface area contributed by atoms with E-state index in [9.17, 15) is 10.1 Å². The van der Waals surface area contributed by atoms with Crippen molar-refractivity contribution in [3.63, 3.8) is 0 Å². The number of ether oxygens (including phenoxy) is 1. The van der Waals surface area contributed by atoms with E-state index in [2.05, 4.69) is 38.8 Å². The Morgan fingerprint density at radius 3 is 2.82 bits per heavy atom. The number of methoxy groups -OCH3 is 1. The number of nitro groups is 1. The fourth-order valence-corrected chi connectivity index (χ4v) is 5.15. The number of benzene rings is 2. The summed E-state index contributed by atoms with van der Waals surface area (Å²) in [6.07, 6.45) is 4.91. The fourth-order valence-electron chi connectivity index (χ4n) is 5.15. The summed E-state index contributed by atoms with van der Waals surface area (Å²) in [5.41, 5.74) is 3.77. The second-order valence-electron chi connectivity index (χ2n) is 9.98. The molecule has 0 saturated carbocycles. The maximum absolute atomic E-state index is 12.1. The van der Waals surface area contributed by atoms with Gasteiger partial charge >= 0.3 is 0 Å². The van der Waals surface area contributed by atoms with Crippen LogP contribution in [0.3, 0.4) is 0 Å². The van der Waals surface area contributed by atoms with E-state index in [-0.39, 0.29) is 10.6 Å². The summed E-state index contributed by atoms with van der Waals surface area (Å²) < 4.78 is 7.69. The molecule has 5 rings (SSSR count). The quantitative estimate of drug-likeness (QED) is 0.243. The molecular weight excluding hydrogens is 482 g/mol. The highest BCUT2D eigenvalue weighted by Gasteiger charge is 2.24. The molecule has 0 spiro atoms. The Balaban J connectivity index is 1.42. The van der Waals surface area contributed by atoms with Crippen molar-refractivity contribution >= 4 is 33.9 Å². The lowest BCUT2D eigenvalue weighted by Crippen LogP contribution is -2.32. The number of likely N-dealkylation sites (N-methyl/N-ethyl adjacent to an activating group) is 1. The van der Waals surface area contributed by atoms with Gasteiger partial charge in [-0.05, 0) is 31.0 Å². The largest absolute Gasteiger partial charge is 0.494 e. The Labute approximate surface area is 222 Å². The first-order valence-corrected chi connectivity index (χ1v) is 12.8. The molecule has 0 bridgehead atoms. The smallest absolute Gasteiger partial charge is 0.294 e. The van der Waals surface area contributed by atoms with E-state index >= 15 is 0 Å². The third-order valence-corrected chi connectivity index (χ3v) is 7.24. The number of likely N-dealkylation sites (tertiary alicyclic amines) is 1. The zero-order valence-electron chi connectivity index (χ0n) is 22.2. The van der Waals surface area contributed by atoms with Gasteiger partial charge < -0.3 is 24.4 Å². The number of nitrogens with one attached hydrogen (secondary N) is 1. The first-order valence-electron chi connectivity index (χ1n) is 12.8. The van der Waals surface area contributed by atoms with Gasteiger partial charge in [-0.15, -0.1) is 0 Å². The maximum atomic E-state index is 12.1. The summed E-state index contributed by atoms with van der Waals surface area (Å²) >= 11 is 0. The highest BCUT2D eigenvalue weighted by molar-refractivity contribution is 5.95. The average Bonchev–Trinajstić information content (AvgIpc) is 3.49. The molecule has 10 nitrogen and oxygen atoms in total. The topological polar surface area (TPSA) is 102 Å². The molecular formula is C28H33N7O3. The molecule has 0 amide bonds. The molecule has 3 heterocycles. The van der Waals surface area contributed by atoms with Crippen LogP contribution in [0, 0.1) is 16.0 Å². The van der Waals surface area contributed by atoms with Crippen molar-refractivity contribution in [3.05, 3.63) is 65.0 Å². The van der Waals surface area contributed by atoms with E-state index in [0.717, 1.165) is 41.8 Å². The van der Waals surface area contributed by atoms with Gasteiger partial charge in [0.1, 0.15) is 11.4 Å². The van der Waals surface area contributed by atoms with Crippen LogP contribution in [0.25, 0.3) is 22.2 Å². The Kier molecular flexibility index (Phi) is 7.15. The van der Waals surface area contributed by atoms with Crippen LogP contribution in [0.1, 0.15) is 13.3 Å². The van der Waals surface area contributed by atoms with E-state index < -0.39 is 0 Å². The molecule has 10 heteroatoms. The predicted octanol–water partition coefficient (Wildman–Crippen LogP) is 5.07. The molecule has 1 aliphatic rings. The summed E-state index contributed by atoms with van der Waals surface area (Å²) in [6, 6.07) is 13.2. The molecule has 1 atom stereocenters. The molecule has 0 radical (unpaired) electrons. The average molecular weight is 516 g/mol. The van der Waals surface area contributed by atoms with Crippen LogP contribution < -0.4 is 15.0 Å². The van der Waals surface area contributed by atoms with Gasteiger partial charge in [-0.2, -0.15) is 0 Å². The number of anilines is 3. The number of hydrogen-bond donors (Lipinski definition) is 1. The highest BCUT2D eigenvalue weighted by Crippen LogP contribution is 2.39. The summed E-state index contributed by atoms with van der Waals surface area (Å²) in [7, 11) is 5.43. The van der Waals surface area contributed by atoms with Crippen LogP contribution >= 0.6 is 0 Å². The predicted molar refractivity (Wildman–Crippen MR) is 150 cm³/mol. The van der Waals surface area contributed by atoms with Gasteiger partial charge in [-0.25, -0.2) is 9.97 Å². The fraction of sp³-hybridized carbons (Fsp3) is 0.357. The molecule has 198 valence electrons. The first-order chi connectivity index (χ1) is 18.3. The van der Waals surface area contributed by atoms with Crippen LogP contribution in [-0.2, 0) is 7.05 Å². The monoisotopic (exact) mass is 515 g/mol. The Morgan fingerprint density at radius 1 is 1.26 bits per heavy atom. The summed E-state index contributed by atoms with van der Waals surface area (Å²) in [4.78, 5) is 25.1. The zero-order chi connectivity index (χ0) is 26.8. The van der Waals surface area contributed by atoms with Gasteiger partial charge in [0, 0.05) is 74.7 Å². The van der Waals surface area contributed by atoms with Crippen LogP contribution in [-0.4, -0.2) is 64.7 Å². The molecule has 1 N–H and O–H groups in total. The Morgan fingerprint density at radius 2 is 2.08 bits per heavy atom. The van der Waals surface area contributed by atoms with Crippen molar-refractivity contribution in [3.8, 4) is 17.0 Å². The van der Waals surface area contributed by atoms with Crippen molar-refractivity contribution < 1.29 is 9.66 Å². The number of aryl methyl sites for hydroxylation is 1. The number of aromatic nitrogens is 3. The van der Waals surface area contributed by atoms with E-state index in [4.69, 9.17) is 9.72 Å². The van der Waals surface area contributed by atoms with Crippen molar-refractivity contribution in [1.82, 2.24) is 19.4 Å². The van der Waals surface area contributed by atoms with Gasteiger partial charge in [0.2, 0.25) is 5.95 Å². The molecule has 1 fully saturated rings. The summed E-state index contributed by atoms with van der Waals surface area (Å²) in [5, 5.41) is 16.3.